The lowest BCUT2D eigenvalue weighted by atomic mass is 10.1. The molecule has 1 unspecified atom stereocenters. The van der Waals surface area contributed by atoms with Crippen LogP contribution in [0.1, 0.15) is 245 Å². The zero-order valence-electron chi connectivity index (χ0n) is 42.9. The van der Waals surface area contributed by atoms with Crippen LogP contribution in [0.4, 0.5) is 0 Å². The number of allylic oxidation sites excluding steroid dienone is 16. The predicted molar refractivity (Wildman–Crippen MR) is 284 cm³/mol. The number of ether oxygens (including phenoxy) is 3. The standard InChI is InChI=1S/C60H100O6/c1-4-7-10-13-16-19-22-25-27-28-29-30-31-32-33-36-38-41-44-47-50-53-59(62)65-56-57(55-64-58(61)52-49-46-43-40-37-34-24-21-18-15-12-9-6-3)66-60(63)54-51-48-45-42-39-35-26-23-20-17-14-11-8-5-2/h9,12,18,21-23,25-26,28-29,31-32,34,37,43,46,57H,4-8,10-11,13-17,19-20,24,27,30,33,35-36,38-42,44-45,47-56H2,1-3H3/b12-9-,21-18-,25-22-,26-23-,29-28-,32-31-,37-34-,46-43-. The molecular weight excluding hydrogens is 817 g/mol. The summed E-state index contributed by atoms with van der Waals surface area (Å²) in [5.74, 6) is -1.02. The third kappa shape index (κ3) is 51.3. The molecule has 0 N–H and O–H groups in total. The van der Waals surface area contributed by atoms with E-state index in [9.17, 15) is 14.4 Å². The van der Waals surface area contributed by atoms with Gasteiger partial charge in [-0.1, -0.05) is 214 Å². The first-order valence-electron chi connectivity index (χ1n) is 27.2. The molecule has 0 heterocycles. The quantitative estimate of drug-likeness (QED) is 0.0262. The first kappa shape index (κ1) is 62.3. The molecule has 376 valence electrons. The van der Waals surface area contributed by atoms with Gasteiger partial charge in [0.2, 0.25) is 0 Å². The summed E-state index contributed by atoms with van der Waals surface area (Å²) in [6.07, 6.45) is 71.2. The van der Waals surface area contributed by atoms with Crippen molar-refractivity contribution in [1.29, 1.82) is 0 Å². The Kier molecular flexibility index (Phi) is 50.9. The van der Waals surface area contributed by atoms with Gasteiger partial charge in [0.05, 0.1) is 0 Å². The topological polar surface area (TPSA) is 78.9 Å². The fraction of sp³-hybridized carbons (Fsp3) is 0.683. The number of hydrogen-bond acceptors (Lipinski definition) is 6. The van der Waals surface area contributed by atoms with Gasteiger partial charge < -0.3 is 14.2 Å². The molecule has 0 aliphatic heterocycles. The van der Waals surface area contributed by atoms with E-state index in [0.29, 0.717) is 19.3 Å². The van der Waals surface area contributed by atoms with Gasteiger partial charge in [-0.15, -0.1) is 0 Å². The molecule has 6 heteroatoms. The summed E-state index contributed by atoms with van der Waals surface area (Å²) >= 11 is 0. The Morgan fingerprint density at radius 2 is 0.621 bits per heavy atom. The lowest BCUT2D eigenvalue weighted by molar-refractivity contribution is -0.166. The molecule has 0 aromatic carbocycles. The van der Waals surface area contributed by atoms with Crippen molar-refractivity contribution in [3.05, 3.63) is 97.2 Å². The van der Waals surface area contributed by atoms with E-state index in [-0.39, 0.29) is 37.5 Å². The number of carbonyl (C=O) groups excluding carboxylic acids is 3. The fourth-order valence-electron chi connectivity index (χ4n) is 7.22. The van der Waals surface area contributed by atoms with Gasteiger partial charge in [0.1, 0.15) is 13.2 Å². The van der Waals surface area contributed by atoms with Gasteiger partial charge in [-0.3, -0.25) is 14.4 Å². The van der Waals surface area contributed by atoms with Crippen molar-refractivity contribution in [2.75, 3.05) is 13.2 Å². The zero-order valence-corrected chi connectivity index (χ0v) is 42.9. The average molecular weight is 917 g/mol. The molecule has 0 aliphatic carbocycles. The molecular formula is C60H100O6. The summed E-state index contributed by atoms with van der Waals surface area (Å²) < 4.78 is 16.7. The highest BCUT2D eigenvalue weighted by Gasteiger charge is 2.19. The maximum atomic E-state index is 12.8. The summed E-state index contributed by atoms with van der Waals surface area (Å²) in [6, 6.07) is 0. The van der Waals surface area contributed by atoms with E-state index in [0.717, 1.165) is 103 Å². The Morgan fingerprint density at radius 1 is 0.318 bits per heavy atom. The van der Waals surface area contributed by atoms with Crippen LogP contribution in [0.3, 0.4) is 0 Å². The van der Waals surface area contributed by atoms with Crippen LogP contribution in [0.15, 0.2) is 97.2 Å². The van der Waals surface area contributed by atoms with E-state index in [1.807, 2.05) is 12.2 Å². The van der Waals surface area contributed by atoms with Gasteiger partial charge in [0, 0.05) is 19.3 Å². The van der Waals surface area contributed by atoms with E-state index in [2.05, 4.69) is 106 Å². The van der Waals surface area contributed by atoms with E-state index in [1.165, 1.54) is 96.3 Å². The minimum Gasteiger partial charge on any atom is -0.462 e. The summed E-state index contributed by atoms with van der Waals surface area (Å²) in [5.41, 5.74) is 0. The lowest BCUT2D eigenvalue weighted by Gasteiger charge is -2.18. The summed E-state index contributed by atoms with van der Waals surface area (Å²) in [7, 11) is 0. The first-order valence-corrected chi connectivity index (χ1v) is 27.2. The van der Waals surface area contributed by atoms with Crippen LogP contribution in [0.5, 0.6) is 0 Å². The molecule has 1 atom stereocenters. The fourth-order valence-corrected chi connectivity index (χ4v) is 7.22. The molecule has 0 rings (SSSR count). The molecule has 0 spiro atoms. The summed E-state index contributed by atoms with van der Waals surface area (Å²) in [6.45, 7) is 6.41. The number of rotatable bonds is 48. The van der Waals surface area contributed by atoms with E-state index < -0.39 is 6.10 Å². The minimum absolute atomic E-state index is 0.111. The van der Waals surface area contributed by atoms with Gasteiger partial charge in [-0.2, -0.15) is 0 Å². The molecule has 0 aromatic heterocycles. The Balaban J connectivity index is 4.46. The van der Waals surface area contributed by atoms with Crippen LogP contribution in [-0.2, 0) is 28.6 Å². The van der Waals surface area contributed by atoms with E-state index in [4.69, 9.17) is 14.2 Å². The first-order chi connectivity index (χ1) is 32.5. The van der Waals surface area contributed by atoms with Crippen LogP contribution in [0.2, 0.25) is 0 Å². The number of esters is 3. The highest BCUT2D eigenvalue weighted by Crippen LogP contribution is 2.13. The SMILES string of the molecule is CC/C=C\C/C=C\C/C=C\C/C=C\CCC(=O)OCC(COC(=O)CCCCCCCC/C=C\C/C=C\C/C=C\CCCCCCC)OC(=O)CCCCCCC/C=C\CCCCCCC. The minimum atomic E-state index is -0.817. The van der Waals surface area contributed by atoms with Gasteiger partial charge in [-0.25, -0.2) is 0 Å². The van der Waals surface area contributed by atoms with Crippen molar-refractivity contribution in [2.45, 2.75) is 252 Å². The molecule has 66 heavy (non-hydrogen) atoms. The third-order valence-corrected chi connectivity index (χ3v) is 11.3. The maximum absolute atomic E-state index is 12.8. The molecule has 0 fully saturated rings. The molecule has 0 aromatic rings. The lowest BCUT2D eigenvalue weighted by Crippen LogP contribution is -2.30. The van der Waals surface area contributed by atoms with E-state index >= 15 is 0 Å². The highest BCUT2D eigenvalue weighted by molar-refractivity contribution is 5.71. The van der Waals surface area contributed by atoms with Crippen molar-refractivity contribution in [2.24, 2.45) is 0 Å². The second-order valence-corrected chi connectivity index (χ2v) is 17.7. The number of unbranched alkanes of at least 4 members (excludes halogenated alkanes) is 21. The molecule has 0 bridgehead atoms. The van der Waals surface area contributed by atoms with E-state index in [1.54, 1.807) is 0 Å². The Bertz CT molecular complexity index is 1330. The summed E-state index contributed by atoms with van der Waals surface area (Å²) in [4.78, 5) is 38.0. The molecule has 0 aliphatic rings. The monoisotopic (exact) mass is 917 g/mol. The van der Waals surface area contributed by atoms with Gasteiger partial charge in [-0.05, 0) is 109 Å². The normalized spacial score (nSPS) is 12.8. The van der Waals surface area contributed by atoms with Gasteiger partial charge >= 0.3 is 17.9 Å². The second-order valence-electron chi connectivity index (χ2n) is 17.7. The molecule has 0 saturated carbocycles. The van der Waals surface area contributed by atoms with Crippen LogP contribution in [0, 0.1) is 0 Å². The van der Waals surface area contributed by atoms with Gasteiger partial charge in [0.15, 0.2) is 6.10 Å². The molecule has 0 saturated heterocycles. The number of hydrogen-bond donors (Lipinski definition) is 0. The van der Waals surface area contributed by atoms with Crippen LogP contribution in [-0.4, -0.2) is 37.2 Å². The smallest absolute Gasteiger partial charge is 0.306 e. The van der Waals surface area contributed by atoms with Gasteiger partial charge in [0.25, 0.3) is 0 Å². The van der Waals surface area contributed by atoms with Crippen LogP contribution in [0.25, 0.3) is 0 Å². The Hall–Kier alpha value is -3.67. The third-order valence-electron chi connectivity index (χ3n) is 11.3. The predicted octanol–water partition coefficient (Wildman–Crippen LogP) is 18.1. The zero-order chi connectivity index (χ0) is 47.9. The molecule has 0 radical (unpaired) electrons. The highest BCUT2D eigenvalue weighted by atomic mass is 16.6. The summed E-state index contributed by atoms with van der Waals surface area (Å²) in [5, 5.41) is 0. The largest absolute Gasteiger partial charge is 0.462 e. The average Bonchev–Trinajstić information content (AvgIpc) is 3.31. The second kappa shape index (κ2) is 53.9. The van der Waals surface area contributed by atoms with Crippen molar-refractivity contribution < 1.29 is 28.6 Å². The maximum Gasteiger partial charge on any atom is 0.306 e. The van der Waals surface area contributed by atoms with Crippen molar-refractivity contribution in [1.82, 2.24) is 0 Å². The van der Waals surface area contributed by atoms with Crippen LogP contribution >= 0.6 is 0 Å². The number of carbonyl (C=O) groups is 3. The van der Waals surface area contributed by atoms with Crippen molar-refractivity contribution in [3.8, 4) is 0 Å². The molecule has 0 amide bonds. The Morgan fingerprint density at radius 3 is 1.03 bits per heavy atom. The van der Waals surface area contributed by atoms with Crippen molar-refractivity contribution >= 4 is 17.9 Å². The van der Waals surface area contributed by atoms with Crippen LogP contribution < -0.4 is 0 Å². The Labute approximate surface area is 407 Å². The van der Waals surface area contributed by atoms with Crippen molar-refractivity contribution in [3.63, 3.8) is 0 Å². The molecule has 6 nitrogen and oxygen atoms in total.